The Kier molecular flexibility index (Phi) is 2.50. The zero-order chi connectivity index (χ0) is 10.9. The van der Waals surface area contributed by atoms with Crippen LogP contribution in [-0.2, 0) is 9.05 Å². The van der Waals surface area contributed by atoms with Crippen molar-refractivity contribution in [1.82, 2.24) is 4.98 Å². The molecule has 0 amide bonds. The summed E-state index contributed by atoms with van der Waals surface area (Å²) in [7, 11) is 1.53. The molecule has 0 N–H and O–H groups in total. The molecular formula is C9H6ClNO3S. The number of benzene rings is 1. The summed E-state index contributed by atoms with van der Waals surface area (Å²) in [6, 6.07) is 6.34. The highest BCUT2D eigenvalue weighted by molar-refractivity contribution is 8.13. The van der Waals surface area contributed by atoms with Crippen molar-refractivity contribution in [2.45, 2.75) is 4.90 Å². The van der Waals surface area contributed by atoms with Gasteiger partial charge in [-0.2, -0.15) is 0 Å². The predicted octanol–water partition coefficient (Wildman–Crippen LogP) is 2.27. The summed E-state index contributed by atoms with van der Waals surface area (Å²) in [5.41, 5.74) is 0.871. The summed E-state index contributed by atoms with van der Waals surface area (Å²) < 4.78 is 27.3. The zero-order valence-electron chi connectivity index (χ0n) is 7.42. The van der Waals surface area contributed by atoms with Gasteiger partial charge in [0.05, 0.1) is 4.90 Å². The fourth-order valence-electron chi connectivity index (χ4n) is 1.24. The van der Waals surface area contributed by atoms with E-state index in [-0.39, 0.29) is 4.90 Å². The fraction of sp³-hybridized carbons (Fsp3) is 0. The van der Waals surface area contributed by atoms with E-state index >= 15 is 0 Å². The summed E-state index contributed by atoms with van der Waals surface area (Å²) in [6.07, 6.45) is 2.59. The minimum Gasteiger partial charge on any atom is -0.451 e. The smallest absolute Gasteiger partial charge is 0.261 e. The SMILES string of the molecule is O=S(=O)(Cl)c1ccccc1-c1cocn1. The highest BCUT2D eigenvalue weighted by Gasteiger charge is 2.17. The maximum atomic E-state index is 11.3. The Morgan fingerprint density at radius 1 is 1.27 bits per heavy atom. The van der Waals surface area contributed by atoms with Crippen LogP contribution < -0.4 is 0 Å². The number of hydrogen-bond donors (Lipinski definition) is 0. The van der Waals surface area contributed by atoms with Crippen LogP contribution in [0.2, 0.25) is 0 Å². The fourth-order valence-corrected chi connectivity index (χ4v) is 2.32. The standard InChI is InChI=1S/C9H6ClNO3S/c10-15(12,13)9-4-2-1-3-7(9)8-5-14-6-11-8/h1-6H. The van der Waals surface area contributed by atoms with Crippen molar-refractivity contribution in [1.29, 1.82) is 0 Å². The van der Waals surface area contributed by atoms with Crippen molar-refractivity contribution in [2.75, 3.05) is 0 Å². The quantitative estimate of drug-likeness (QED) is 0.759. The Hall–Kier alpha value is -1.33. The number of hydrogen-bond acceptors (Lipinski definition) is 4. The van der Waals surface area contributed by atoms with E-state index in [4.69, 9.17) is 15.1 Å². The van der Waals surface area contributed by atoms with E-state index < -0.39 is 9.05 Å². The molecule has 1 heterocycles. The number of nitrogens with zero attached hydrogens (tertiary/aromatic N) is 1. The molecule has 2 rings (SSSR count). The molecule has 0 unspecified atom stereocenters. The molecular weight excluding hydrogens is 238 g/mol. The van der Waals surface area contributed by atoms with Gasteiger partial charge < -0.3 is 4.42 Å². The second-order valence-electron chi connectivity index (χ2n) is 2.81. The first-order valence-corrected chi connectivity index (χ1v) is 6.32. The van der Waals surface area contributed by atoms with Crippen molar-refractivity contribution in [3.8, 4) is 11.3 Å². The van der Waals surface area contributed by atoms with Gasteiger partial charge in [-0.1, -0.05) is 18.2 Å². The van der Waals surface area contributed by atoms with Gasteiger partial charge in [0.25, 0.3) is 9.05 Å². The van der Waals surface area contributed by atoms with Crippen LogP contribution in [0.3, 0.4) is 0 Å². The molecule has 0 spiro atoms. The van der Waals surface area contributed by atoms with Gasteiger partial charge in [0.15, 0.2) is 6.39 Å². The monoisotopic (exact) mass is 243 g/mol. The van der Waals surface area contributed by atoms with E-state index in [2.05, 4.69) is 4.98 Å². The number of halogens is 1. The first-order valence-electron chi connectivity index (χ1n) is 4.01. The van der Waals surface area contributed by atoms with E-state index in [1.807, 2.05) is 0 Å². The van der Waals surface area contributed by atoms with Crippen LogP contribution >= 0.6 is 10.7 Å². The normalized spacial score (nSPS) is 11.5. The maximum absolute atomic E-state index is 11.3. The molecule has 0 saturated heterocycles. The van der Waals surface area contributed by atoms with Crippen molar-refractivity contribution >= 4 is 19.7 Å². The summed E-state index contributed by atoms with van der Waals surface area (Å²) in [5.74, 6) is 0. The van der Waals surface area contributed by atoms with E-state index in [0.29, 0.717) is 11.3 Å². The molecule has 4 nitrogen and oxygen atoms in total. The van der Waals surface area contributed by atoms with Crippen LogP contribution in [0.15, 0.2) is 46.2 Å². The highest BCUT2D eigenvalue weighted by atomic mass is 35.7. The maximum Gasteiger partial charge on any atom is 0.261 e. The average Bonchev–Trinajstić information content (AvgIpc) is 2.69. The molecule has 0 fully saturated rings. The lowest BCUT2D eigenvalue weighted by atomic mass is 10.2. The van der Waals surface area contributed by atoms with Crippen molar-refractivity contribution in [2.24, 2.45) is 0 Å². The molecule has 0 aliphatic heterocycles. The molecule has 0 atom stereocenters. The molecule has 0 aliphatic rings. The molecule has 15 heavy (non-hydrogen) atoms. The van der Waals surface area contributed by atoms with Crippen molar-refractivity contribution in [3.05, 3.63) is 36.9 Å². The second-order valence-corrected chi connectivity index (χ2v) is 5.34. The Balaban J connectivity index is 2.68. The molecule has 6 heteroatoms. The lowest BCUT2D eigenvalue weighted by molar-refractivity contribution is 0.558. The highest BCUT2D eigenvalue weighted by Crippen LogP contribution is 2.27. The van der Waals surface area contributed by atoms with Gasteiger partial charge in [0.1, 0.15) is 12.0 Å². The summed E-state index contributed by atoms with van der Waals surface area (Å²) in [4.78, 5) is 3.90. The third kappa shape index (κ3) is 2.03. The Bertz CT molecular complexity index is 563. The van der Waals surface area contributed by atoms with Crippen molar-refractivity contribution < 1.29 is 12.8 Å². The van der Waals surface area contributed by atoms with E-state index in [1.165, 1.54) is 18.7 Å². The van der Waals surface area contributed by atoms with Crippen molar-refractivity contribution in [3.63, 3.8) is 0 Å². The van der Waals surface area contributed by atoms with E-state index in [9.17, 15) is 8.42 Å². The van der Waals surface area contributed by atoms with Gasteiger partial charge in [-0.05, 0) is 6.07 Å². The first kappa shape index (κ1) is 10.2. The Morgan fingerprint density at radius 3 is 2.60 bits per heavy atom. The van der Waals surface area contributed by atoms with Crippen LogP contribution in [0.5, 0.6) is 0 Å². The number of rotatable bonds is 2. The third-order valence-electron chi connectivity index (χ3n) is 1.86. The zero-order valence-corrected chi connectivity index (χ0v) is 8.99. The summed E-state index contributed by atoms with van der Waals surface area (Å²) in [6.45, 7) is 0. The summed E-state index contributed by atoms with van der Waals surface area (Å²) >= 11 is 0. The van der Waals surface area contributed by atoms with Gasteiger partial charge in [-0.15, -0.1) is 0 Å². The lowest BCUT2D eigenvalue weighted by Crippen LogP contribution is -1.94. The molecule has 0 radical (unpaired) electrons. The van der Waals surface area contributed by atoms with Gasteiger partial charge in [-0.3, -0.25) is 0 Å². The molecule has 2 aromatic rings. The van der Waals surface area contributed by atoms with Crippen LogP contribution in [0.1, 0.15) is 0 Å². The summed E-state index contributed by atoms with van der Waals surface area (Å²) in [5, 5.41) is 0. The lowest BCUT2D eigenvalue weighted by Gasteiger charge is -2.02. The van der Waals surface area contributed by atoms with Crippen LogP contribution in [-0.4, -0.2) is 13.4 Å². The van der Waals surface area contributed by atoms with Crippen LogP contribution in [0.4, 0.5) is 0 Å². The molecule has 0 saturated carbocycles. The second kappa shape index (κ2) is 3.67. The Labute approximate surface area is 90.9 Å². The van der Waals surface area contributed by atoms with Crippen LogP contribution in [0.25, 0.3) is 11.3 Å². The first-order chi connectivity index (χ1) is 7.09. The largest absolute Gasteiger partial charge is 0.451 e. The number of aromatic nitrogens is 1. The molecule has 78 valence electrons. The third-order valence-corrected chi connectivity index (χ3v) is 3.24. The Morgan fingerprint density at radius 2 is 2.00 bits per heavy atom. The molecule has 1 aromatic heterocycles. The predicted molar refractivity (Wildman–Crippen MR) is 55.0 cm³/mol. The van der Waals surface area contributed by atoms with Gasteiger partial charge >= 0.3 is 0 Å². The van der Waals surface area contributed by atoms with Crippen LogP contribution in [0, 0.1) is 0 Å². The average molecular weight is 244 g/mol. The van der Waals surface area contributed by atoms with Gasteiger partial charge in [0.2, 0.25) is 0 Å². The minimum absolute atomic E-state index is 0.0283. The van der Waals surface area contributed by atoms with E-state index in [0.717, 1.165) is 0 Å². The molecule has 0 aliphatic carbocycles. The van der Waals surface area contributed by atoms with Gasteiger partial charge in [0, 0.05) is 16.2 Å². The molecule has 1 aromatic carbocycles. The molecule has 0 bridgehead atoms. The van der Waals surface area contributed by atoms with Gasteiger partial charge in [-0.25, -0.2) is 13.4 Å². The van der Waals surface area contributed by atoms with E-state index in [1.54, 1.807) is 18.2 Å². The minimum atomic E-state index is -3.77. The number of oxazole rings is 1. The topological polar surface area (TPSA) is 60.2 Å².